The number of carbonyl (C=O) groups excluding carboxylic acids is 1. The SMILES string of the molecule is COc1ccc(S(=O)(=O)Nc2ccc(C(=O)Nc3nc(-c4ccc(F)cc4)cs3)cc2)cc1. The van der Waals surface area contributed by atoms with Crippen molar-refractivity contribution in [2.24, 2.45) is 0 Å². The third-order valence-corrected chi connectivity index (χ3v) is 6.79. The molecular formula is C23H18FN3O4S2. The Bertz CT molecular complexity index is 1370. The molecular weight excluding hydrogens is 465 g/mol. The lowest BCUT2D eigenvalue weighted by atomic mass is 10.2. The number of carbonyl (C=O) groups is 1. The molecule has 1 heterocycles. The maximum absolute atomic E-state index is 13.1. The Morgan fingerprint density at radius 2 is 1.64 bits per heavy atom. The summed E-state index contributed by atoms with van der Waals surface area (Å²) in [6.07, 6.45) is 0. The van der Waals surface area contributed by atoms with E-state index in [1.54, 1.807) is 29.6 Å². The summed E-state index contributed by atoms with van der Waals surface area (Å²) in [6, 6.07) is 17.9. The number of thiazole rings is 1. The monoisotopic (exact) mass is 483 g/mol. The first kappa shape index (κ1) is 22.4. The lowest BCUT2D eigenvalue weighted by Crippen LogP contribution is -2.14. The molecule has 0 spiro atoms. The number of aromatic nitrogens is 1. The zero-order valence-electron chi connectivity index (χ0n) is 17.3. The first-order chi connectivity index (χ1) is 15.8. The number of anilines is 2. The molecule has 0 aliphatic heterocycles. The van der Waals surface area contributed by atoms with Crippen LogP contribution >= 0.6 is 11.3 Å². The summed E-state index contributed by atoms with van der Waals surface area (Å²) in [5.74, 6) is -0.175. The zero-order valence-corrected chi connectivity index (χ0v) is 18.9. The minimum absolute atomic E-state index is 0.0887. The van der Waals surface area contributed by atoms with Crippen LogP contribution in [0.15, 0.2) is 83.1 Å². The average molecular weight is 484 g/mol. The molecule has 1 amide bonds. The summed E-state index contributed by atoms with van der Waals surface area (Å²) in [5.41, 5.74) is 2.01. The van der Waals surface area contributed by atoms with E-state index < -0.39 is 10.0 Å². The molecule has 0 radical (unpaired) electrons. The van der Waals surface area contributed by atoms with E-state index in [1.165, 1.54) is 67.0 Å². The van der Waals surface area contributed by atoms with Crippen LogP contribution < -0.4 is 14.8 Å². The number of sulfonamides is 1. The molecule has 0 saturated carbocycles. The number of hydrogen-bond acceptors (Lipinski definition) is 6. The summed E-state index contributed by atoms with van der Waals surface area (Å²) >= 11 is 1.25. The average Bonchev–Trinajstić information content (AvgIpc) is 3.28. The van der Waals surface area contributed by atoms with Crippen LogP contribution in [0.4, 0.5) is 15.2 Å². The van der Waals surface area contributed by atoms with Crippen molar-refractivity contribution >= 4 is 38.1 Å². The van der Waals surface area contributed by atoms with E-state index in [0.717, 1.165) is 5.56 Å². The molecule has 0 bridgehead atoms. The number of hydrogen-bond donors (Lipinski definition) is 2. The molecule has 0 fully saturated rings. The fourth-order valence-corrected chi connectivity index (χ4v) is 4.69. The first-order valence-corrected chi connectivity index (χ1v) is 12.0. The van der Waals surface area contributed by atoms with E-state index in [0.29, 0.717) is 27.8 Å². The lowest BCUT2D eigenvalue weighted by Gasteiger charge is -2.09. The molecule has 168 valence electrons. The molecule has 0 saturated heterocycles. The minimum atomic E-state index is -3.78. The van der Waals surface area contributed by atoms with Crippen molar-refractivity contribution in [1.29, 1.82) is 0 Å². The second kappa shape index (κ2) is 9.39. The van der Waals surface area contributed by atoms with Crippen LogP contribution in [-0.2, 0) is 10.0 Å². The van der Waals surface area contributed by atoms with Gasteiger partial charge in [0.05, 0.1) is 17.7 Å². The Labute approximate surface area is 193 Å². The topological polar surface area (TPSA) is 97.4 Å². The maximum Gasteiger partial charge on any atom is 0.261 e. The van der Waals surface area contributed by atoms with Crippen molar-refractivity contribution < 1.29 is 22.3 Å². The highest BCUT2D eigenvalue weighted by Crippen LogP contribution is 2.26. The van der Waals surface area contributed by atoms with E-state index >= 15 is 0 Å². The molecule has 0 unspecified atom stereocenters. The van der Waals surface area contributed by atoms with Crippen molar-refractivity contribution in [1.82, 2.24) is 4.98 Å². The van der Waals surface area contributed by atoms with Gasteiger partial charge in [-0.1, -0.05) is 0 Å². The highest BCUT2D eigenvalue weighted by Gasteiger charge is 2.15. The fourth-order valence-electron chi connectivity index (χ4n) is 2.91. The Hall–Kier alpha value is -3.76. The van der Waals surface area contributed by atoms with Gasteiger partial charge in [-0.05, 0) is 72.8 Å². The Balaban J connectivity index is 1.41. The third kappa shape index (κ3) is 5.36. The number of amides is 1. The van der Waals surface area contributed by atoms with Crippen molar-refractivity contribution in [3.05, 3.63) is 89.6 Å². The number of rotatable bonds is 7. The van der Waals surface area contributed by atoms with E-state index in [1.807, 2.05) is 0 Å². The molecule has 33 heavy (non-hydrogen) atoms. The van der Waals surface area contributed by atoms with Crippen molar-refractivity contribution in [3.63, 3.8) is 0 Å². The lowest BCUT2D eigenvalue weighted by molar-refractivity contribution is 0.102. The molecule has 4 aromatic rings. The quantitative estimate of drug-likeness (QED) is 0.385. The Morgan fingerprint density at radius 1 is 0.970 bits per heavy atom. The van der Waals surface area contributed by atoms with E-state index in [4.69, 9.17) is 4.74 Å². The summed E-state index contributed by atoms with van der Waals surface area (Å²) in [4.78, 5) is 17.0. The zero-order chi connectivity index (χ0) is 23.4. The van der Waals surface area contributed by atoms with Gasteiger partial charge in [-0.15, -0.1) is 11.3 Å². The largest absolute Gasteiger partial charge is 0.497 e. The Morgan fingerprint density at radius 3 is 2.27 bits per heavy atom. The normalized spacial score (nSPS) is 11.1. The predicted octanol–water partition coefficient (Wildman–Crippen LogP) is 5.01. The summed E-state index contributed by atoms with van der Waals surface area (Å²) < 4.78 is 45.7. The number of halogens is 1. The number of benzene rings is 3. The van der Waals surface area contributed by atoms with Crippen molar-refractivity contribution in [3.8, 4) is 17.0 Å². The smallest absolute Gasteiger partial charge is 0.261 e. The summed E-state index contributed by atoms with van der Waals surface area (Å²) in [7, 11) is -2.29. The van der Waals surface area contributed by atoms with Gasteiger partial charge in [0, 0.05) is 22.2 Å². The van der Waals surface area contributed by atoms with Gasteiger partial charge in [0.2, 0.25) is 0 Å². The van der Waals surface area contributed by atoms with Gasteiger partial charge < -0.3 is 4.74 Å². The summed E-state index contributed by atoms with van der Waals surface area (Å²) in [5, 5.41) is 4.86. The first-order valence-electron chi connectivity index (χ1n) is 9.64. The predicted molar refractivity (Wildman–Crippen MR) is 126 cm³/mol. The maximum atomic E-state index is 13.1. The van der Waals surface area contributed by atoms with Crippen LogP contribution in [0.2, 0.25) is 0 Å². The van der Waals surface area contributed by atoms with Gasteiger partial charge in [-0.2, -0.15) is 0 Å². The van der Waals surface area contributed by atoms with Gasteiger partial charge in [-0.3, -0.25) is 14.8 Å². The van der Waals surface area contributed by atoms with Crippen molar-refractivity contribution in [2.45, 2.75) is 4.90 Å². The van der Waals surface area contributed by atoms with Crippen LogP contribution in [0, 0.1) is 5.82 Å². The highest BCUT2D eigenvalue weighted by atomic mass is 32.2. The highest BCUT2D eigenvalue weighted by molar-refractivity contribution is 7.92. The molecule has 0 atom stereocenters. The molecule has 4 rings (SSSR count). The third-order valence-electron chi connectivity index (χ3n) is 4.63. The molecule has 2 N–H and O–H groups in total. The number of ether oxygens (including phenoxy) is 1. The molecule has 7 nitrogen and oxygen atoms in total. The number of nitrogens with zero attached hydrogens (tertiary/aromatic N) is 1. The molecule has 3 aromatic carbocycles. The standard InChI is InChI=1S/C23H18FN3O4S2/c1-31-19-10-12-20(13-11-19)33(29,30)27-18-8-4-16(5-9-18)22(28)26-23-25-21(14-32-23)15-2-6-17(24)7-3-15/h2-14,27H,1H3,(H,25,26,28). The number of nitrogens with one attached hydrogen (secondary N) is 2. The van der Waals surface area contributed by atoms with E-state index in [9.17, 15) is 17.6 Å². The second-order valence-electron chi connectivity index (χ2n) is 6.86. The number of methoxy groups -OCH3 is 1. The Kier molecular flexibility index (Phi) is 6.38. The second-order valence-corrected chi connectivity index (χ2v) is 9.40. The van der Waals surface area contributed by atoms with Crippen LogP contribution in [0.5, 0.6) is 5.75 Å². The fraction of sp³-hybridized carbons (Fsp3) is 0.0435. The molecule has 1 aromatic heterocycles. The molecule has 0 aliphatic carbocycles. The van der Waals surface area contributed by atoms with E-state index in [2.05, 4.69) is 15.0 Å². The molecule has 10 heteroatoms. The summed E-state index contributed by atoms with van der Waals surface area (Å²) in [6.45, 7) is 0. The van der Waals surface area contributed by atoms with Crippen LogP contribution in [0.1, 0.15) is 10.4 Å². The van der Waals surface area contributed by atoms with Crippen LogP contribution in [-0.4, -0.2) is 26.4 Å². The van der Waals surface area contributed by atoms with Gasteiger partial charge in [0.15, 0.2) is 5.13 Å². The van der Waals surface area contributed by atoms with Gasteiger partial charge in [-0.25, -0.2) is 17.8 Å². The van der Waals surface area contributed by atoms with E-state index in [-0.39, 0.29) is 16.6 Å². The van der Waals surface area contributed by atoms with Gasteiger partial charge in [0.25, 0.3) is 15.9 Å². The molecule has 0 aliphatic rings. The van der Waals surface area contributed by atoms with Crippen LogP contribution in [0.3, 0.4) is 0 Å². The van der Waals surface area contributed by atoms with Crippen LogP contribution in [0.25, 0.3) is 11.3 Å². The minimum Gasteiger partial charge on any atom is -0.497 e. The van der Waals surface area contributed by atoms with Gasteiger partial charge in [0.1, 0.15) is 11.6 Å². The van der Waals surface area contributed by atoms with Crippen molar-refractivity contribution in [2.75, 3.05) is 17.1 Å². The van der Waals surface area contributed by atoms with Gasteiger partial charge >= 0.3 is 0 Å².